The van der Waals surface area contributed by atoms with E-state index in [4.69, 9.17) is 14.2 Å². The van der Waals surface area contributed by atoms with Gasteiger partial charge >= 0.3 is 17.9 Å². The van der Waals surface area contributed by atoms with Crippen LogP contribution in [0.1, 0.15) is 47.5 Å². The van der Waals surface area contributed by atoms with Gasteiger partial charge in [-0.25, -0.2) is 4.79 Å². The van der Waals surface area contributed by atoms with Crippen molar-refractivity contribution < 1.29 is 33.4 Å². The third-order valence-corrected chi connectivity index (χ3v) is 4.32. The topological polar surface area (TPSA) is 120 Å². The first-order valence-electron chi connectivity index (χ1n) is 9.81. The Kier molecular flexibility index (Phi) is 10.1. The molecule has 1 heterocycles. The fourth-order valence-corrected chi connectivity index (χ4v) is 2.99. The van der Waals surface area contributed by atoms with Gasteiger partial charge < -0.3 is 19.5 Å². The number of carbonyl (C=O) groups is 4. The molecular weight excluding hydrogens is 380 g/mol. The van der Waals surface area contributed by atoms with Gasteiger partial charge in [-0.3, -0.25) is 19.4 Å². The van der Waals surface area contributed by atoms with Gasteiger partial charge in [-0.15, -0.1) is 0 Å². The number of hydrogen-bond acceptors (Lipinski definition) is 8. The van der Waals surface area contributed by atoms with Gasteiger partial charge in [0, 0.05) is 18.0 Å². The smallest absolute Gasteiger partial charge is 0.336 e. The van der Waals surface area contributed by atoms with Crippen molar-refractivity contribution >= 4 is 29.5 Å². The van der Waals surface area contributed by atoms with Crippen molar-refractivity contribution in [3.8, 4) is 0 Å². The predicted molar refractivity (Wildman–Crippen MR) is 105 cm³/mol. The molecule has 29 heavy (non-hydrogen) atoms. The highest BCUT2D eigenvalue weighted by Gasteiger charge is 2.46. The number of nitrogens with zero attached hydrogens (tertiary/aromatic N) is 1. The molecule has 0 aliphatic carbocycles. The molecule has 0 spiro atoms. The minimum absolute atomic E-state index is 0.0631. The van der Waals surface area contributed by atoms with Crippen molar-refractivity contribution in [1.82, 2.24) is 5.32 Å². The van der Waals surface area contributed by atoms with Gasteiger partial charge in [0.25, 0.3) is 5.91 Å². The fraction of sp³-hybridized carbons (Fsp3) is 0.650. The van der Waals surface area contributed by atoms with Crippen molar-refractivity contribution in [2.24, 2.45) is 16.8 Å². The third-order valence-electron chi connectivity index (χ3n) is 4.32. The molecule has 1 amide bonds. The maximum atomic E-state index is 12.9. The van der Waals surface area contributed by atoms with Gasteiger partial charge in [0.05, 0.1) is 18.8 Å². The highest BCUT2D eigenvalue weighted by molar-refractivity contribution is 6.10. The lowest BCUT2D eigenvalue weighted by Crippen LogP contribution is -2.43. The van der Waals surface area contributed by atoms with Crippen molar-refractivity contribution in [1.29, 1.82) is 0 Å². The zero-order valence-corrected chi connectivity index (χ0v) is 17.7. The third kappa shape index (κ3) is 6.69. The lowest BCUT2D eigenvalue weighted by Gasteiger charge is -2.29. The van der Waals surface area contributed by atoms with Crippen molar-refractivity contribution in [2.75, 3.05) is 26.4 Å². The Labute approximate surface area is 170 Å². The molecule has 2 atom stereocenters. The van der Waals surface area contributed by atoms with Crippen LogP contribution < -0.4 is 5.32 Å². The van der Waals surface area contributed by atoms with Gasteiger partial charge in [0.1, 0.15) is 11.8 Å². The molecule has 0 aromatic rings. The van der Waals surface area contributed by atoms with Crippen LogP contribution in [0.4, 0.5) is 0 Å². The van der Waals surface area contributed by atoms with Crippen LogP contribution in [0.2, 0.25) is 0 Å². The second kappa shape index (κ2) is 12.0. The van der Waals surface area contributed by atoms with E-state index in [0.29, 0.717) is 12.3 Å². The van der Waals surface area contributed by atoms with Crippen LogP contribution in [-0.2, 0) is 33.4 Å². The zero-order chi connectivity index (χ0) is 22.0. The summed E-state index contributed by atoms with van der Waals surface area (Å²) in [5.41, 5.74) is 0.520. The molecule has 0 aromatic carbocycles. The number of unbranched alkanes of at least 4 members (excludes halogenated alkanes) is 1. The molecule has 1 aliphatic rings. The first-order valence-corrected chi connectivity index (χ1v) is 9.81. The lowest BCUT2D eigenvalue weighted by molar-refractivity contribution is -0.159. The molecule has 1 aliphatic heterocycles. The first kappa shape index (κ1) is 24.3. The molecule has 1 N–H and O–H groups in total. The number of ether oxygens (including phenoxy) is 3. The second-order valence-corrected chi connectivity index (χ2v) is 6.49. The highest BCUT2D eigenvalue weighted by atomic mass is 16.5. The van der Waals surface area contributed by atoms with Gasteiger partial charge in [-0.05, 0) is 34.1 Å². The largest absolute Gasteiger partial charge is 0.465 e. The summed E-state index contributed by atoms with van der Waals surface area (Å²) in [5.74, 6) is -5.23. The number of allylic oxidation sites excluding steroid dienone is 1. The average molecular weight is 410 g/mol. The van der Waals surface area contributed by atoms with E-state index in [9.17, 15) is 19.2 Å². The van der Waals surface area contributed by atoms with Gasteiger partial charge in [0.15, 0.2) is 6.61 Å². The summed E-state index contributed by atoms with van der Waals surface area (Å²) < 4.78 is 15.2. The maximum Gasteiger partial charge on any atom is 0.336 e. The summed E-state index contributed by atoms with van der Waals surface area (Å²) in [6.45, 7) is 8.52. The monoisotopic (exact) mass is 410 g/mol. The van der Waals surface area contributed by atoms with Crippen LogP contribution in [-0.4, -0.2) is 55.9 Å². The summed E-state index contributed by atoms with van der Waals surface area (Å²) in [5, 5.41) is 2.63. The van der Waals surface area contributed by atoms with Crippen LogP contribution in [0.25, 0.3) is 0 Å². The van der Waals surface area contributed by atoms with Crippen LogP contribution >= 0.6 is 0 Å². The Morgan fingerprint density at radius 2 is 1.55 bits per heavy atom. The van der Waals surface area contributed by atoms with Crippen LogP contribution in [0.15, 0.2) is 16.3 Å². The van der Waals surface area contributed by atoms with E-state index in [1.807, 2.05) is 6.92 Å². The number of esters is 3. The molecule has 0 saturated carbocycles. The normalized spacial score (nSPS) is 18.6. The lowest BCUT2D eigenvalue weighted by atomic mass is 9.79. The molecule has 162 valence electrons. The fourth-order valence-electron chi connectivity index (χ4n) is 2.99. The molecule has 0 bridgehead atoms. The Bertz CT molecular complexity index is 697. The van der Waals surface area contributed by atoms with E-state index in [0.717, 1.165) is 12.8 Å². The zero-order valence-electron chi connectivity index (χ0n) is 17.7. The SMILES string of the molecule is CCCCNC(=O)COC(=O)[C@@H]1C(C(=O)OCC)=C(C)N=C(C)C1C(=O)OCC. The molecule has 1 rings (SSSR count). The van der Waals surface area contributed by atoms with E-state index in [1.54, 1.807) is 27.7 Å². The van der Waals surface area contributed by atoms with Crippen molar-refractivity contribution in [3.63, 3.8) is 0 Å². The Morgan fingerprint density at radius 3 is 2.14 bits per heavy atom. The summed E-state index contributed by atoms with van der Waals surface area (Å²) in [7, 11) is 0. The number of nitrogens with one attached hydrogen (secondary N) is 1. The molecule has 0 aromatic heterocycles. The van der Waals surface area contributed by atoms with E-state index in [1.165, 1.54) is 0 Å². The van der Waals surface area contributed by atoms with E-state index in [2.05, 4.69) is 10.3 Å². The Hall–Kier alpha value is -2.71. The molecule has 0 saturated heterocycles. The second-order valence-electron chi connectivity index (χ2n) is 6.49. The van der Waals surface area contributed by atoms with Crippen molar-refractivity contribution in [3.05, 3.63) is 11.3 Å². The quantitative estimate of drug-likeness (QED) is 0.329. The van der Waals surface area contributed by atoms with E-state index < -0.39 is 42.3 Å². The van der Waals surface area contributed by atoms with Gasteiger partial charge in [-0.2, -0.15) is 0 Å². The van der Waals surface area contributed by atoms with Gasteiger partial charge in [0.2, 0.25) is 0 Å². The van der Waals surface area contributed by atoms with E-state index in [-0.39, 0.29) is 24.5 Å². The Balaban J connectivity index is 3.12. The number of amides is 1. The van der Waals surface area contributed by atoms with Crippen LogP contribution in [0.5, 0.6) is 0 Å². The minimum Gasteiger partial charge on any atom is -0.465 e. The summed E-state index contributed by atoms with van der Waals surface area (Å²) in [6.07, 6.45) is 1.72. The summed E-state index contributed by atoms with van der Waals surface area (Å²) in [4.78, 5) is 53.9. The predicted octanol–water partition coefficient (Wildman–Crippen LogP) is 1.55. The molecule has 0 fully saturated rings. The molecular formula is C20H30N2O7. The first-order chi connectivity index (χ1) is 13.8. The Morgan fingerprint density at radius 1 is 0.931 bits per heavy atom. The number of aliphatic imine (C=N–C) groups is 1. The maximum absolute atomic E-state index is 12.9. The van der Waals surface area contributed by atoms with E-state index >= 15 is 0 Å². The summed E-state index contributed by atoms with van der Waals surface area (Å²) >= 11 is 0. The minimum atomic E-state index is -1.30. The molecule has 9 nitrogen and oxygen atoms in total. The standard InChI is InChI=1S/C20H30N2O7/c1-6-9-10-21-14(23)11-29-20(26)17-15(18(24)27-7-2)12(4)22-13(5)16(17)19(25)28-8-3/h15,17H,6-11H2,1-5H3,(H,21,23)/t15?,17-/m0/s1. The highest BCUT2D eigenvalue weighted by Crippen LogP contribution is 2.33. The summed E-state index contributed by atoms with van der Waals surface area (Å²) in [6, 6.07) is 0. The number of carbonyl (C=O) groups excluding carboxylic acids is 4. The number of rotatable bonds is 10. The molecule has 0 radical (unpaired) electrons. The van der Waals surface area contributed by atoms with Crippen LogP contribution in [0, 0.1) is 11.8 Å². The van der Waals surface area contributed by atoms with Crippen LogP contribution in [0.3, 0.4) is 0 Å². The van der Waals surface area contributed by atoms with Crippen molar-refractivity contribution in [2.45, 2.75) is 47.5 Å². The molecule has 9 heteroatoms. The molecule has 1 unspecified atom stereocenters. The number of hydrogen-bond donors (Lipinski definition) is 1. The van der Waals surface area contributed by atoms with Gasteiger partial charge in [-0.1, -0.05) is 13.3 Å². The average Bonchev–Trinajstić information content (AvgIpc) is 2.65.